The number of hydrogen-bond acceptors (Lipinski definition) is 4. The number of nitrogens with zero attached hydrogens (tertiary/aromatic N) is 1. The predicted octanol–water partition coefficient (Wildman–Crippen LogP) is 1.44. The maximum absolute atomic E-state index is 11.7. The van der Waals surface area contributed by atoms with Crippen LogP contribution in [0.15, 0.2) is 0 Å². The molecule has 0 aliphatic heterocycles. The second-order valence-corrected chi connectivity index (χ2v) is 4.69. The molecule has 4 heteroatoms. The third kappa shape index (κ3) is 5.18. The first-order valence-electron chi connectivity index (χ1n) is 6.87. The second-order valence-electron chi connectivity index (χ2n) is 4.69. The van der Waals surface area contributed by atoms with Gasteiger partial charge in [-0.3, -0.25) is 4.79 Å². The molecule has 1 aliphatic rings. The van der Waals surface area contributed by atoms with Gasteiger partial charge in [0.1, 0.15) is 0 Å². The van der Waals surface area contributed by atoms with Gasteiger partial charge in [-0.15, -0.1) is 5.92 Å². The molecular formula is C14H24N2O2. The van der Waals surface area contributed by atoms with Crippen LogP contribution in [0.5, 0.6) is 0 Å². The Balaban J connectivity index is 2.24. The van der Waals surface area contributed by atoms with Gasteiger partial charge in [0.2, 0.25) is 0 Å². The number of rotatable bonds is 8. The van der Waals surface area contributed by atoms with Gasteiger partial charge < -0.3 is 10.1 Å². The zero-order valence-corrected chi connectivity index (χ0v) is 11.4. The van der Waals surface area contributed by atoms with Crippen molar-refractivity contribution in [3.05, 3.63) is 0 Å². The Hall–Kier alpha value is -0.890. The van der Waals surface area contributed by atoms with E-state index in [2.05, 4.69) is 30.6 Å². The number of hydroxylamine groups is 1. The van der Waals surface area contributed by atoms with Crippen molar-refractivity contribution < 1.29 is 10.0 Å². The Bertz CT molecular complexity index is 311. The van der Waals surface area contributed by atoms with E-state index in [1.165, 1.54) is 0 Å². The summed E-state index contributed by atoms with van der Waals surface area (Å²) in [6, 6.07) is -0.689. The van der Waals surface area contributed by atoms with Crippen LogP contribution in [0, 0.1) is 17.8 Å². The van der Waals surface area contributed by atoms with E-state index in [-0.39, 0.29) is 11.7 Å². The van der Waals surface area contributed by atoms with Crippen LogP contribution in [-0.4, -0.2) is 41.6 Å². The molecule has 0 spiro atoms. The number of hydrogen-bond donors (Lipinski definition) is 2. The molecule has 18 heavy (non-hydrogen) atoms. The maximum atomic E-state index is 11.7. The molecule has 0 amide bonds. The number of carbonyl (C=O) groups excluding carboxylic acids is 1. The number of nitrogens with one attached hydrogen (secondary N) is 1. The van der Waals surface area contributed by atoms with Crippen molar-refractivity contribution in [3.63, 3.8) is 0 Å². The van der Waals surface area contributed by atoms with Gasteiger partial charge in [-0.1, -0.05) is 19.8 Å². The summed E-state index contributed by atoms with van der Waals surface area (Å²) in [6.07, 6.45) is 3.67. The molecule has 102 valence electrons. The van der Waals surface area contributed by atoms with Crippen molar-refractivity contribution in [3.8, 4) is 11.8 Å². The number of unbranched alkanes of at least 4 members (excludes halogenated alkanes) is 1. The lowest BCUT2D eigenvalue weighted by Crippen LogP contribution is -2.34. The topological polar surface area (TPSA) is 52.6 Å². The van der Waals surface area contributed by atoms with E-state index >= 15 is 0 Å². The highest BCUT2D eigenvalue weighted by Crippen LogP contribution is 2.30. The summed E-state index contributed by atoms with van der Waals surface area (Å²) in [5, 5.41) is 8.91. The average molecular weight is 252 g/mol. The Kier molecular flexibility index (Phi) is 6.96. The van der Waals surface area contributed by atoms with Gasteiger partial charge in [0.25, 0.3) is 0 Å². The van der Waals surface area contributed by atoms with E-state index < -0.39 is 6.04 Å². The fourth-order valence-electron chi connectivity index (χ4n) is 1.88. The second kappa shape index (κ2) is 8.25. The molecule has 0 heterocycles. The van der Waals surface area contributed by atoms with Crippen LogP contribution in [0.1, 0.15) is 39.5 Å². The van der Waals surface area contributed by atoms with Crippen LogP contribution in [-0.2, 0) is 4.79 Å². The van der Waals surface area contributed by atoms with E-state index in [4.69, 9.17) is 5.21 Å². The molecule has 2 N–H and O–H groups in total. The third-order valence-electron chi connectivity index (χ3n) is 3.31. The monoisotopic (exact) mass is 252 g/mol. The summed E-state index contributed by atoms with van der Waals surface area (Å²) in [6.45, 7) is 7.45. The first-order valence-corrected chi connectivity index (χ1v) is 6.87. The van der Waals surface area contributed by atoms with Crippen molar-refractivity contribution in [2.24, 2.45) is 5.92 Å². The van der Waals surface area contributed by atoms with Crippen molar-refractivity contribution in [1.29, 1.82) is 0 Å². The molecule has 4 nitrogen and oxygen atoms in total. The van der Waals surface area contributed by atoms with Crippen LogP contribution in [0.4, 0.5) is 0 Å². The largest absolute Gasteiger partial charge is 0.315 e. The SMILES string of the molecule is CCN(CC)CCCC#CC(NO)C(=O)C1CC1. The molecular weight excluding hydrogens is 228 g/mol. The highest BCUT2D eigenvalue weighted by Gasteiger charge is 2.33. The van der Waals surface area contributed by atoms with E-state index in [1.54, 1.807) is 0 Å². The first kappa shape index (κ1) is 15.2. The molecule has 1 aliphatic carbocycles. The quantitative estimate of drug-likeness (QED) is 0.390. The molecule has 1 unspecified atom stereocenters. The maximum Gasteiger partial charge on any atom is 0.167 e. The lowest BCUT2D eigenvalue weighted by Gasteiger charge is -2.16. The zero-order valence-electron chi connectivity index (χ0n) is 11.4. The van der Waals surface area contributed by atoms with Gasteiger partial charge >= 0.3 is 0 Å². The molecule has 1 atom stereocenters. The molecule has 0 bridgehead atoms. The van der Waals surface area contributed by atoms with E-state index in [0.717, 1.165) is 45.3 Å². The van der Waals surface area contributed by atoms with E-state index in [0.29, 0.717) is 0 Å². The summed E-state index contributed by atoms with van der Waals surface area (Å²) in [7, 11) is 0. The van der Waals surface area contributed by atoms with Gasteiger partial charge in [-0.2, -0.15) is 5.48 Å². The lowest BCUT2D eigenvalue weighted by molar-refractivity contribution is -0.123. The van der Waals surface area contributed by atoms with Gasteiger partial charge in [-0.05, 0) is 38.9 Å². The smallest absolute Gasteiger partial charge is 0.167 e. The Morgan fingerprint density at radius 1 is 1.44 bits per heavy atom. The van der Waals surface area contributed by atoms with Crippen molar-refractivity contribution in [2.75, 3.05) is 19.6 Å². The zero-order chi connectivity index (χ0) is 13.4. The Morgan fingerprint density at radius 2 is 2.11 bits per heavy atom. The number of Topliss-reactive ketones (excluding diaryl/α,β-unsaturated/α-hetero) is 1. The van der Waals surface area contributed by atoms with E-state index in [9.17, 15) is 4.79 Å². The molecule has 1 fully saturated rings. The minimum atomic E-state index is -0.689. The van der Waals surface area contributed by atoms with Gasteiger partial charge in [0.15, 0.2) is 11.8 Å². The lowest BCUT2D eigenvalue weighted by atomic mass is 10.1. The summed E-state index contributed by atoms with van der Waals surface area (Å²) >= 11 is 0. The predicted molar refractivity (Wildman–Crippen MR) is 71.2 cm³/mol. The first-order chi connectivity index (χ1) is 8.72. The Labute approximate surface area is 110 Å². The summed E-state index contributed by atoms with van der Waals surface area (Å²) < 4.78 is 0. The van der Waals surface area contributed by atoms with Crippen LogP contribution in [0.3, 0.4) is 0 Å². The average Bonchev–Trinajstić information content (AvgIpc) is 3.22. The van der Waals surface area contributed by atoms with Crippen LogP contribution < -0.4 is 5.48 Å². The summed E-state index contributed by atoms with van der Waals surface area (Å²) in [4.78, 5) is 14.0. The summed E-state index contributed by atoms with van der Waals surface area (Å²) in [5.74, 6) is 5.97. The molecule has 1 saturated carbocycles. The van der Waals surface area contributed by atoms with Gasteiger partial charge in [0.05, 0.1) is 0 Å². The third-order valence-corrected chi connectivity index (χ3v) is 3.31. The Morgan fingerprint density at radius 3 is 2.61 bits per heavy atom. The van der Waals surface area contributed by atoms with Gasteiger partial charge in [-0.25, -0.2) is 0 Å². The molecule has 0 aromatic heterocycles. The number of ketones is 1. The van der Waals surface area contributed by atoms with Crippen LogP contribution >= 0.6 is 0 Å². The highest BCUT2D eigenvalue weighted by molar-refractivity contribution is 5.90. The molecule has 0 aromatic carbocycles. The normalized spacial score (nSPS) is 16.2. The number of carbonyl (C=O) groups is 1. The van der Waals surface area contributed by atoms with Crippen LogP contribution in [0.2, 0.25) is 0 Å². The van der Waals surface area contributed by atoms with Crippen molar-refractivity contribution >= 4 is 5.78 Å². The minimum Gasteiger partial charge on any atom is -0.315 e. The molecule has 0 saturated heterocycles. The molecule has 0 radical (unpaired) electrons. The standard InChI is InChI=1S/C14H24N2O2/c1-3-16(4-2)11-7-5-6-8-13(15-18)14(17)12-9-10-12/h12-13,15,18H,3-5,7,9-11H2,1-2H3. The highest BCUT2D eigenvalue weighted by atomic mass is 16.5. The van der Waals surface area contributed by atoms with Crippen molar-refractivity contribution in [1.82, 2.24) is 10.4 Å². The van der Waals surface area contributed by atoms with Crippen molar-refractivity contribution in [2.45, 2.75) is 45.6 Å². The minimum absolute atomic E-state index is 0.0359. The van der Waals surface area contributed by atoms with E-state index in [1.807, 2.05) is 5.48 Å². The van der Waals surface area contributed by atoms with Crippen LogP contribution in [0.25, 0.3) is 0 Å². The fourth-order valence-corrected chi connectivity index (χ4v) is 1.88. The van der Waals surface area contributed by atoms with Gasteiger partial charge in [0, 0.05) is 12.3 Å². The fraction of sp³-hybridized carbons (Fsp3) is 0.786. The molecule has 1 rings (SSSR count). The molecule has 0 aromatic rings. The summed E-state index contributed by atoms with van der Waals surface area (Å²) in [5.41, 5.74) is 2.01.